The maximum absolute atomic E-state index is 6.16. The quantitative estimate of drug-likeness (QED) is 0.501. The summed E-state index contributed by atoms with van der Waals surface area (Å²) < 4.78 is 6.16. The van der Waals surface area contributed by atoms with Gasteiger partial charge in [-0.15, -0.1) is 0 Å². The summed E-state index contributed by atoms with van der Waals surface area (Å²) in [7, 11) is 0. The molecule has 2 saturated heterocycles. The largest absolute Gasteiger partial charge is 0.474 e. The number of nitrogens with zero attached hydrogens (tertiary/aromatic N) is 4. The van der Waals surface area contributed by atoms with Gasteiger partial charge in [-0.2, -0.15) is 0 Å². The molecule has 0 aromatic carbocycles. The minimum Gasteiger partial charge on any atom is -0.474 e. The third-order valence-electron chi connectivity index (χ3n) is 8.38. The van der Waals surface area contributed by atoms with Crippen LogP contribution in [-0.4, -0.2) is 84.2 Å². The average molecular weight is 457 g/mol. The smallest absolute Gasteiger partial charge is 0.213 e. The topological polar surface area (TPSA) is 31.8 Å². The number of piperazine rings is 1. The minimum atomic E-state index is 0.362. The third kappa shape index (κ3) is 7.16. The van der Waals surface area contributed by atoms with E-state index in [0.717, 1.165) is 23.8 Å². The van der Waals surface area contributed by atoms with Gasteiger partial charge in [0.05, 0.1) is 0 Å². The first-order chi connectivity index (χ1) is 16.0. The summed E-state index contributed by atoms with van der Waals surface area (Å²) in [4.78, 5) is 12.6. The average Bonchev–Trinajstić information content (AvgIpc) is 2.79. The van der Waals surface area contributed by atoms with Gasteiger partial charge < -0.3 is 14.5 Å². The monoisotopic (exact) mass is 456 g/mol. The Kier molecular flexibility index (Phi) is 9.06. The van der Waals surface area contributed by atoms with Crippen LogP contribution in [0.1, 0.15) is 77.7 Å². The van der Waals surface area contributed by atoms with Gasteiger partial charge in [-0.05, 0) is 81.5 Å². The first-order valence-corrected chi connectivity index (χ1v) is 13.8. The Hall–Kier alpha value is -1.17. The maximum Gasteiger partial charge on any atom is 0.213 e. The van der Waals surface area contributed by atoms with Gasteiger partial charge in [0.15, 0.2) is 0 Å². The number of likely N-dealkylation sites (tertiary alicyclic amines) is 1. The molecule has 3 heterocycles. The van der Waals surface area contributed by atoms with Crippen molar-refractivity contribution < 1.29 is 4.74 Å². The van der Waals surface area contributed by atoms with Crippen LogP contribution in [0.2, 0.25) is 0 Å². The molecule has 0 spiro atoms. The zero-order chi connectivity index (χ0) is 23.2. The Morgan fingerprint density at radius 2 is 1.61 bits per heavy atom. The van der Waals surface area contributed by atoms with Gasteiger partial charge in [0.1, 0.15) is 6.10 Å². The molecule has 1 saturated carbocycles. The predicted molar refractivity (Wildman–Crippen MR) is 137 cm³/mol. The second kappa shape index (κ2) is 12.0. The molecule has 1 aromatic heterocycles. The molecule has 4 rings (SSSR count). The van der Waals surface area contributed by atoms with Crippen LogP contribution < -0.4 is 4.74 Å². The summed E-state index contributed by atoms with van der Waals surface area (Å²) in [6, 6.07) is 4.98. The highest BCUT2D eigenvalue weighted by atomic mass is 16.5. The zero-order valence-corrected chi connectivity index (χ0v) is 21.7. The number of pyridine rings is 1. The Morgan fingerprint density at radius 3 is 2.27 bits per heavy atom. The number of hydrogen-bond donors (Lipinski definition) is 0. The fraction of sp³-hybridized carbons (Fsp3) is 0.821. The highest BCUT2D eigenvalue weighted by Crippen LogP contribution is 2.33. The fourth-order valence-corrected chi connectivity index (χ4v) is 6.01. The van der Waals surface area contributed by atoms with E-state index < -0.39 is 0 Å². The van der Waals surface area contributed by atoms with Gasteiger partial charge in [0, 0.05) is 57.6 Å². The Bertz CT molecular complexity index is 704. The van der Waals surface area contributed by atoms with Crippen molar-refractivity contribution in [1.29, 1.82) is 0 Å². The zero-order valence-electron chi connectivity index (χ0n) is 21.7. The lowest BCUT2D eigenvalue weighted by molar-refractivity contribution is 0.0282. The lowest BCUT2D eigenvalue weighted by Gasteiger charge is -2.42. The normalized spacial score (nSPS) is 26.9. The van der Waals surface area contributed by atoms with Crippen LogP contribution in [0.15, 0.2) is 18.3 Å². The summed E-state index contributed by atoms with van der Waals surface area (Å²) >= 11 is 0. The lowest BCUT2D eigenvalue weighted by Crippen LogP contribution is -2.51. The van der Waals surface area contributed by atoms with Crippen LogP contribution in [0.25, 0.3) is 0 Å². The van der Waals surface area contributed by atoms with Crippen LogP contribution >= 0.6 is 0 Å². The molecule has 5 heteroatoms. The maximum atomic E-state index is 6.16. The molecular weight excluding hydrogens is 408 g/mol. The first kappa shape index (κ1) is 24.9. The van der Waals surface area contributed by atoms with E-state index in [1.807, 2.05) is 6.20 Å². The molecule has 2 aliphatic heterocycles. The van der Waals surface area contributed by atoms with Gasteiger partial charge >= 0.3 is 0 Å². The summed E-state index contributed by atoms with van der Waals surface area (Å²) in [6.07, 6.45) is 10.0. The van der Waals surface area contributed by atoms with E-state index in [0.29, 0.717) is 12.0 Å². The molecule has 0 N–H and O–H groups in total. The molecule has 186 valence electrons. The van der Waals surface area contributed by atoms with E-state index in [2.05, 4.69) is 59.5 Å². The number of aromatic nitrogens is 1. The number of piperidine rings is 1. The second-order valence-electron chi connectivity index (χ2n) is 11.4. The first-order valence-electron chi connectivity index (χ1n) is 13.8. The molecule has 1 aliphatic carbocycles. The SMILES string of the molecule is CCCC(C)N1CCN(CC2CCN(C[C@H]3C[C@H](Oc4cc(C(C)C)ccn4)C3)CC2)CC1. The number of ether oxygens (including phenoxy) is 1. The lowest BCUT2D eigenvalue weighted by atomic mass is 9.81. The van der Waals surface area contributed by atoms with Gasteiger partial charge in [0.2, 0.25) is 5.88 Å². The van der Waals surface area contributed by atoms with E-state index in [1.54, 1.807) is 0 Å². The molecule has 3 fully saturated rings. The van der Waals surface area contributed by atoms with Crippen LogP contribution in [0.5, 0.6) is 5.88 Å². The van der Waals surface area contributed by atoms with Gasteiger partial charge in [-0.1, -0.05) is 27.2 Å². The number of rotatable bonds is 10. The van der Waals surface area contributed by atoms with Crippen LogP contribution in [0, 0.1) is 11.8 Å². The Morgan fingerprint density at radius 1 is 0.939 bits per heavy atom. The van der Waals surface area contributed by atoms with E-state index in [1.165, 1.54) is 96.4 Å². The molecule has 0 amide bonds. The van der Waals surface area contributed by atoms with E-state index in [4.69, 9.17) is 4.74 Å². The van der Waals surface area contributed by atoms with Crippen molar-refractivity contribution in [3.8, 4) is 5.88 Å². The summed E-state index contributed by atoms with van der Waals surface area (Å²) in [6.45, 7) is 19.4. The number of hydrogen-bond acceptors (Lipinski definition) is 5. The molecular formula is C28H48N4O. The van der Waals surface area contributed by atoms with Gasteiger partial charge in [-0.25, -0.2) is 4.98 Å². The van der Waals surface area contributed by atoms with Crippen LogP contribution in [0.4, 0.5) is 0 Å². The second-order valence-corrected chi connectivity index (χ2v) is 11.4. The van der Waals surface area contributed by atoms with Crippen molar-refractivity contribution >= 4 is 0 Å². The van der Waals surface area contributed by atoms with Crippen molar-refractivity contribution in [1.82, 2.24) is 19.7 Å². The standard InChI is InChI=1S/C28H48N4O/c1-5-6-23(4)32-15-13-31(14-16-32)20-24-8-11-30(12-9-24)21-25-17-27(18-25)33-28-19-26(22(2)3)7-10-29-28/h7,10,19,22-25,27H,5-6,8-9,11-18,20-21H2,1-4H3/t23?,25-,27-. The van der Waals surface area contributed by atoms with Crippen molar-refractivity contribution in [3.63, 3.8) is 0 Å². The van der Waals surface area contributed by atoms with E-state index >= 15 is 0 Å². The molecule has 0 bridgehead atoms. The molecule has 0 radical (unpaired) electrons. The molecule has 3 aliphatic rings. The van der Waals surface area contributed by atoms with E-state index in [9.17, 15) is 0 Å². The highest BCUT2D eigenvalue weighted by molar-refractivity contribution is 5.23. The van der Waals surface area contributed by atoms with Gasteiger partial charge in [-0.3, -0.25) is 4.90 Å². The Balaban J connectivity index is 1.09. The molecule has 33 heavy (non-hydrogen) atoms. The van der Waals surface area contributed by atoms with Crippen LogP contribution in [0.3, 0.4) is 0 Å². The third-order valence-corrected chi connectivity index (χ3v) is 8.38. The predicted octanol–water partition coefficient (Wildman–Crippen LogP) is 4.88. The van der Waals surface area contributed by atoms with Crippen LogP contribution in [-0.2, 0) is 0 Å². The van der Waals surface area contributed by atoms with Crippen molar-refractivity contribution in [3.05, 3.63) is 23.9 Å². The summed E-state index contributed by atoms with van der Waals surface area (Å²) in [5, 5.41) is 0. The fourth-order valence-electron chi connectivity index (χ4n) is 6.01. The summed E-state index contributed by atoms with van der Waals surface area (Å²) in [5.74, 6) is 3.04. The molecule has 1 aromatic rings. The minimum absolute atomic E-state index is 0.362. The van der Waals surface area contributed by atoms with Crippen molar-refractivity contribution in [2.75, 3.05) is 52.4 Å². The molecule has 1 unspecified atom stereocenters. The van der Waals surface area contributed by atoms with Gasteiger partial charge in [0.25, 0.3) is 0 Å². The summed E-state index contributed by atoms with van der Waals surface area (Å²) in [5.41, 5.74) is 1.31. The molecule has 1 atom stereocenters. The van der Waals surface area contributed by atoms with Crippen molar-refractivity contribution in [2.45, 2.75) is 84.3 Å². The van der Waals surface area contributed by atoms with Crippen molar-refractivity contribution in [2.24, 2.45) is 11.8 Å². The Labute approximate surface area is 202 Å². The molecule has 5 nitrogen and oxygen atoms in total. The van der Waals surface area contributed by atoms with E-state index in [-0.39, 0.29) is 0 Å². The highest BCUT2D eigenvalue weighted by Gasteiger charge is 2.33.